The number of aromatic nitrogens is 2. The van der Waals surface area contributed by atoms with E-state index in [0.29, 0.717) is 12.4 Å². The molecule has 6 nitrogen and oxygen atoms in total. The van der Waals surface area contributed by atoms with Crippen LogP contribution in [-0.4, -0.2) is 43.4 Å². The molecule has 0 aliphatic heterocycles. The van der Waals surface area contributed by atoms with Gasteiger partial charge in [0.15, 0.2) is 0 Å². The van der Waals surface area contributed by atoms with Crippen molar-refractivity contribution in [3.05, 3.63) is 53.7 Å². The van der Waals surface area contributed by atoms with Crippen LogP contribution in [0.3, 0.4) is 0 Å². The molecule has 0 amide bonds. The number of ether oxygens (including phenoxy) is 1. The number of hydrogen-bond acceptors (Lipinski definition) is 7. The summed E-state index contributed by atoms with van der Waals surface area (Å²) in [5.74, 6) is 1.52. The standard InChI is InChI=1S/C19H21N3O3S3/c1-4-25-16-7-5-14(6-8-16)19-21-15(13-27-19)12-26-18-10-9-17(11-20-18)28(23,24)22(2)3/h5-11,13H,4,12H2,1-3H3. The van der Waals surface area contributed by atoms with Crippen molar-refractivity contribution in [2.45, 2.75) is 22.6 Å². The Kier molecular flexibility index (Phi) is 6.71. The maximum atomic E-state index is 12.1. The van der Waals surface area contributed by atoms with E-state index in [1.165, 1.54) is 36.4 Å². The van der Waals surface area contributed by atoms with Gasteiger partial charge < -0.3 is 4.74 Å². The molecule has 0 bridgehead atoms. The predicted octanol–water partition coefficient (Wildman–Crippen LogP) is 4.15. The first-order chi connectivity index (χ1) is 13.4. The van der Waals surface area contributed by atoms with E-state index < -0.39 is 10.0 Å². The molecule has 0 aliphatic carbocycles. The number of rotatable bonds is 8. The number of thiazole rings is 1. The van der Waals surface area contributed by atoms with Crippen molar-refractivity contribution in [2.24, 2.45) is 0 Å². The van der Waals surface area contributed by atoms with Crippen LogP contribution in [-0.2, 0) is 15.8 Å². The third-order valence-corrected chi connectivity index (χ3v) is 7.54. The summed E-state index contributed by atoms with van der Waals surface area (Å²) in [5.41, 5.74) is 2.02. The molecule has 1 aromatic carbocycles. The molecule has 0 radical (unpaired) electrons. The van der Waals surface area contributed by atoms with Crippen LogP contribution in [0, 0.1) is 0 Å². The summed E-state index contributed by atoms with van der Waals surface area (Å²) in [6.45, 7) is 2.61. The number of thioether (sulfide) groups is 1. The highest BCUT2D eigenvalue weighted by Gasteiger charge is 2.17. The minimum atomic E-state index is -3.45. The van der Waals surface area contributed by atoms with Crippen LogP contribution in [0.2, 0.25) is 0 Å². The summed E-state index contributed by atoms with van der Waals surface area (Å²) < 4.78 is 30.8. The lowest BCUT2D eigenvalue weighted by atomic mass is 10.2. The van der Waals surface area contributed by atoms with Gasteiger partial charge in [-0.15, -0.1) is 23.1 Å². The predicted molar refractivity (Wildman–Crippen MR) is 113 cm³/mol. The van der Waals surface area contributed by atoms with Gasteiger partial charge in [-0.25, -0.2) is 22.7 Å². The van der Waals surface area contributed by atoms with E-state index in [4.69, 9.17) is 4.74 Å². The van der Waals surface area contributed by atoms with Gasteiger partial charge in [0.1, 0.15) is 15.7 Å². The molecule has 9 heteroatoms. The van der Waals surface area contributed by atoms with Crippen molar-refractivity contribution in [3.63, 3.8) is 0 Å². The second kappa shape index (κ2) is 9.04. The summed E-state index contributed by atoms with van der Waals surface area (Å²) in [6, 6.07) is 11.2. The van der Waals surface area contributed by atoms with Crippen LogP contribution < -0.4 is 4.74 Å². The first kappa shape index (κ1) is 20.8. The fraction of sp³-hybridized carbons (Fsp3) is 0.263. The van der Waals surface area contributed by atoms with Gasteiger partial charge in [0.05, 0.1) is 17.3 Å². The van der Waals surface area contributed by atoms with Gasteiger partial charge in [0.2, 0.25) is 10.0 Å². The minimum absolute atomic E-state index is 0.188. The average Bonchev–Trinajstić information content (AvgIpc) is 3.16. The maximum absolute atomic E-state index is 12.1. The zero-order valence-electron chi connectivity index (χ0n) is 15.8. The quantitative estimate of drug-likeness (QED) is 0.495. The Hall–Kier alpha value is -1.94. The number of benzene rings is 1. The lowest BCUT2D eigenvalue weighted by molar-refractivity contribution is 0.340. The van der Waals surface area contributed by atoms with Gasteiger partial charge in [-0.1, -0.05) is 0 Å². The molecular weight excluding hydrogens is 414 g/mol. The minimum Gasteiger partial charge on any atom is -0.494 e. The normalized spacial score (nSPS) is 11.7. The third kappa shape index (κ3) is 4.91. The zero-order valence-corrected chi connectivity index (χ0v) is 18.3. The summed E-state index contributed by atoms with van der Waals surface area (Å²) in [7, 11) is -0.449. The van der Waals surface area contributed by atoms with Crippen LogP contribution in [0.5, 0.6) is 5.75 Å². The Morgan fingerprint density at radius 1 is 1.14 bits per heavy atom. The molecule has 28 heavy (non-hydrogen) atoms. The monoisotopic (exact) mass is 435 g/mol. The number of hydrogen-bond donors (Lipinski definition) is 0. The molecule has 148 valence electrons. The van der Waals surface area contributed by atoms with Gasteiger partial charge in [-0.05, 0) is 43.3 Å². The fourth-order valence-electron chi connectivity index (χ4n) is 2.33. The van der Waals surface area contributed by atoms with Crippen molar-refractivity contribution < 1.29 is 13.2 Å². The Bertz CT molecular complexity index is 1010. The van der Waals surface area contributed by atoms with Crippen molar-refractivity contribution in [1.82, 2.24) is 14.3 Å². The molecule has 3 aromatic rings. The Labute approximate surface area is 173 Å². The van der Waals surface area contributed by atoms with Gasteiger partial charge in [-0.3, -0.25) is 0 Å². The number of sulfonamides is 1. The van der Waals surface area contributed by atoms with Crippen LogP contribution in [0.1, 0.15) is 12.6 Å². The molecule has 0 saturated carbocycles. The van der Waals surface area contributed by atoms with E-state index in [1.54, 1.807) is 23.5 Å². The molecule has 0 unspecified atom stereocenters. The van der Waals surface area contributed by atoms with E-state index in [0.717, 1.165) is 27.0 Å². The fourth-order valence-corrected chi connectivity index (χ4v) is 4.84. The SMILES string of the molecule is CCOc1ccc(-c2nc(CSc3ccc(S(=O)(=O)N(C)C)cn3)cs2)cc1. The van der Waals surface area contributed by atoms with Crippen LogP contribution in [0.25, 0.3) is 10.6 Å². The molecule has 2 heterocycles. The van der Waals surface area contributed by atoms with Gasteiger partial charge in [0.25, 0.3) is 0 Å². The number of nitrogens with zero attached hydrogens (tertiary/aromatic N) is 3. The smallest absolute Gasteiger partial charge is 0.244 e. The summed E-state index contributed by atoms with van der Waals surface area (Å²) in [6.07, 6.45) is 1.39. The highest BCUT2D eigenvalue weighted by molar-refractivity contribution is 7.98. The summed E-state index contributed by atoms with van der Waals surface area (Å²) >= 11 is 3.12. The molecule has 2 aromatic heterocycles. The lowest BCUT2D eigenvalue weighted by Crippen LogP contribution is -2.22. The van der Waals surface area contributed by atoms with Gasteiger partial charge in [-0.2, -0.15) is 0 Å². The van der Waals surface area contributed by atoms with E-state index in [-0.39, 0.29) is 4.90 Å². The van der Waals surface area contributed by atoms with E-state index in [2.05, 4.69) is 9.97 Å². The Morgan fingerprint density at radius 3 is 2.50 bits per heavy atom. The highest BCUT2D eigenvalue weighted by atomic mass is 32.2. The van der Waals surface area contributed by atoms with Crippen molar-refractivity contribution >= 4 is 33.1 Å². The molecular formula is C19H21N3O3S3. The second-order valence-corrected chi connectivity index (χ2v) is 10.0. The first-order valence-electron chi connectivity index (χ1n) is 8.59. The molecule has 0 atom stereocenters. The van der Waals surface area contributed by atoms with Crippen molar-refractivity contribution in [2.75, 3.05) is 20.7 Å². The molecule has 0 spiro atoms. The van der Waals surface area contributed by atoms with Crippen LogP contribution in [0.15, 0.2) is 57.9 Å². The Morgan fingerprint density at radius 2 is 1.89 bits per heavy atom. The lowest BCUT2D eigenvalue weighted by Gasteiger charge is -2.10. The van der Waals surface area contributed by atoms with E-state index in [1.807, 2.05) is 36.6 Å². The van der Waals surface area contributed by atoms with Gasteiger partial charge in [0, 0.05) is 37.0 Å². The van der Waals surface area contributed by atoms with E-state index in [9.17, 15) is 8.42 Å². The Balaban J connectivity index is 1.63. The largest absolute Gasteiger partial charge is 0.494 e. The molecule has 0 aliphatic rings. The number of pyridine rings is 1. The second-order valence-electron chi connectivity index (χ2n) is 6.01. The van der Waals surface area contributed by atoms with E-state index >= 15 is 0 Å². The van der Waals surface area contributed by atoms with Crippen molar-refractivity contribution in [1.29, 1.82) is 0 Å². The first-order valence-corrected chi connectivity index (χ1v) is 11.9. The topological polar surface area (TPSA) is 72.4 Å². The maximum Gasteiger partial charge on any atom is 0.244 e. The summed E-state index contributed by atoms with van der Waals surface area (Å²) in [4.78, 5) is 9.12. The average molecular weight is 436 g/mol. The van der Waals surface area contributed by atoms with Crippen LogP contribution in [0.4, 0.5) is 0 Å². The zero-order chi connectivity index (χ0) is 20.1. The summed E-state index contributed by atoms with van der Waals surface area (Å²) in [5, 5.41) is 3.75. The molecule has 0 N–H and O–H groups in total. The van der Waals surface area contributed by atoms with Gasteiger partial charge >= 0.3 is 0 Å². The molecule has 0 fully saturated rings. The molecule has 3 rings (SSSR count). The van der Waals surface area contributed by atoms with Crippen molar-refractivity contribution in [3.8, 4) is 16.3 Å². The molecule has 0 saturated heterocycles. The third-order valence-electron chi connectivity index (χ3n) is 3.82. The highest BCUT2D eigenvalue weighted by Crippen LogP contribution is 2.29. The van der Waals surface area contributed by atoms with Crippen LogP contribution >= 0.6 is 23.1 Å².